The molecule has 3 aromatic heterocycles. The Morgan fingerprint density at radius 3 is 3.00 bits per heavy atom. The molecule has 9 nitrogen and oxygen atoms in total. The molecule has 2 aliphatic rings. The van der Waals surface area contributed by atoms with Crippen molar-refractivity contribution in [3.63, 3.8) is 0 Å². The summed E-state index contributed by atoms with van der Waals surface area (Å²) in [6.07, 6.45) is 9.41. The highest BCUT2D eigenvalue weighted by Crippen LogP contribution is 2.42. The molecule has 5 rings (SSSR count). The van der Waals surface area contributed by atoms with Gasteiger partial charge in [-0.1, -0.05) is 11.6 Å². The number of aromatic nitrogens is 4. The minimum Gasteiger partial charge on any atom is -0.488 e. The largest absolute Gasteiger partial charge is 0.488 e. The molecule has 1 amide bonds. The average Bonchev–Trinajstić information content (AvgIpc) is 2.92. The minimum absolute atomic E-state index is 0.0654. The molecule has 3 aromatic rings. The predicted molar refractivity (Wildman–Crippen MR) is 104 cm³/mol. The van der Waals surface area contributed by atoms with Gasteiger partial charge in [0.05, 0.1) is 17.4 Å². The van der Waals surface area contributed by atoms with Gasteiger partial charge in [-0.05, 0) is 13.0 Å². The second-order valence-corrected chi connectivity index (χ2v) is 7.67. The van der Waals surface area contributed by atoms with E-state index >= 15 is 0 Å². The Balaban J connectivity index is 1.36. The lowest BCUT2D eigenvalue weighted by molar-refractivity contribution is -0.0183. The van der Waals surface area contributed by atoms with Crippen LogP contribution in [0.3, 0.4) is 0 Å². The molecule has 2 fully saturated rings. The zero-order valence-corrected chi connectivity index (χ0v) is 15.6. The Hall–Kier alpha value is -2.91. The molecule has 28 heavy (non-hydrogen) atoms. The maximum absolute atomic E-state index is 12.9. The van der Waals surface area contributed by atoms with E-state index in [1.165, 1.54) is 23.3 Å². The van der Waals surface area contributed by atoms with Crippen LogP contribution in [0, 0.1) is 0 Å². The summed E-state index contributed by atoms with van der Waals surface area (Å²) >= 11 is 5.92. The maximum Gasteiger partial charge on any atom is 0.263 e. The number of nitrogens with two attached hydrogens (primary N) is 1. The van der Waals surface area contributed by atoms with Gasteiger partial charge in [0.15, 0.2) is 11.5 Å². The van der Waals surface area contributed by atoms with E-state index in [1.807, 2.05) is 0 Å². The van der Waals surface area contributed by atoms with Crippen molar-refractivity contribution >= 4 is 34.7 Å². The molecular formula is C18H18ClN7O2. The third-order valence-electron chi connectivity index (χ3n) is 5.36. The minimum atomic E-state index is -0.439. The van der Waals surface area contributed by atoms with Gasteiger partial charge in [-0.2, -0.15) is 0 Å². The van der Waals surface area contributed by atoms with Gasteiger partial charge in [0, 0.05) is 36.8 Å². The second-order valence-electron chi connectivity index (χ2n) is 7.23. The fourth-order valence-electron chi connectivity index (χ4n) is 3.81. The van der Waals surface area contributed by atoms with Crippen LogP contribution < -0.4 is 21.1 Å². The van der Waals surface area contributed by atoms with Gasteiger partial charge >= 0.3 is 0 Å². The van der Waals surface area contributed by atoms with E-state index in [2.05, 4.69) is 25.7 Å². The summed E-state index contributed by atoms with van der Waals surface area (Å²) in [6.45, 7) is 1.07. The fraction of sp³-hybridized carbons (Fsp3) is 0.333. The van der Waals surface area contributed by atoms with Crippen LogP contribution in [0.2, 0.25) is 5.02 Å². The number of carbonyl (C=O) groups excluding carboxylic acids is 1. The molecular weight excluding hydrogens is 382 g/mol. The Bertz CT molecular complexity index is 1070. The zero-order valence-electron chi connectivity index (χ0n) is 14.9. The normalized spacial score (nSPS) is 23.2. The standard InChI is InChI=1S/C18H18ClN7O2/c19-10-7-22-16-14(15(20)25-26(16)9-10)17(27)24-12-8-21-3-1-13(12)28-11-5-18(6-11)2-4-23-18/h1,3,7-9,11,23H,2,4-6H2,(H2,20,25)(H,24,27)/t11-,18-. The second kappa shape index (κ2) is 6.32. The number of nitrogens with one attached hydrogen (secondary N) is 2. The molecule has 4 heterocycles. The maximum atomic E-state index is 12.9. The van der Waals surface area contributed by atoms with Crippen molar-refractivity contribution in [2.45, 2.75) is 30.9 Å². The highest BCUT2D eigenvalue weighted by Gasteiger charge is 2.49. The van der Waals surface area contributed by atoms with Crippen LogP contribution in [-0.2, 0) is 0 Å². The third-order valence-corrected chi connectivity index (χ3v) is 5.55. The van der Waals surface area contributed by atoms with Crippen molar-refractivity contribution in [3.05, 3.63) is 41.4 Å². The molecule has 0 unspecified atom stereocenters. The molecule has 0 bridgehead atoms. The SMILES string of the molecule is Nc1nn2cc(Cl)cnc2c1C(=O)Nc1cnccc1O[C@H]1C[C@@]2(CCN2)C1. The first-order valence-electron chi connectivity index (χ1n) is 8.99. The van der Waals surface area contributed by atoms with Crippen LogP contribution in [0.15, 0.2) is 30.9 Å². The quantitative estimate of drug-likeness (QED) is 0.612. The fourth-order valence-corrected chi connectivity index (χ4v) is 3.95. The number of anilines is 2. The topological polar surface area (TPSA) is 119 Å². The number of hydrogen-bond donors (Lipinski definition) is 3. The first-order valence-corrected chi connectivity index (χ1v) is 9.37. The number of rotatable bonds is 4. The van der Waals surface area contributed by atoms with Crippen LogP contribution >= 0.6 is 11.6 Å². The third kappa shape index (κ3) is 2.83. The molecule has 0 aromatic carbocycles. The number of hydrogen-bond acceptors (Lipinski definition) is 7. The van der Waals surface area contributed by atoms with Crippen molar-refractivity contribution in [2.75, 3.05) is 17.6 Å². The Morgan fingerprint density at radius 1 is 1.43 bits per heavy atom. The van der Waals surface area contributed by atoms with Crippen LogP contribution in [0.1, 0.15) is 29.6 Å². The van der Waals surface area contributed by atoms with E-state index in [9.17, 15) is 4.79 Å². The van der Waals surface area contributed by atoms with Crippen molar-refractivity contribution in [1.82, 2.24) is 24.9 Å². The smallest absolute Gasteiger partial charge is 0.263 e. The molecule has 144 valence electrons. The van der Waals surface area contributed by atoms with E-state index in [4.69, 9.17) is 22.1 Å². The molecule has 1 saturated heterocycles. The lowest BCUT2D eigenvalue weighted by Gasteiger charge is -2.54. The van der Waals surface area contributed by atoms with Crippen molar-refractivity contribution in [3.8, 4) is 5.75 Å². The molecule has 0 radical (unpaired) electrons. The highest BCUT2D eigenvalue weighted by molar-refractivity contribution is 6.30. The number of ether oxygens (including phenoxy) is 1. The first-order chi connectivity index (χ1) is 13.5. The molecule has 1 aliphatic carbocycles. The number of nitrogens with zero attached hydrogens (tertiary/aromatic N) is 4. The number of halogens is 1. The van der Waals surface area contributed by atoms with Gasteiger partial charge in [0.25, 0.3) is 5.91 Å². The average molecular weight is 400 g/mol. The number of pyridine rings is 1. The Kier molecular flexibility index (Phi) is 3.88. The number of carbonyl (C=O) groups is 1. The molecule has 1 aliphatic heterocycles. The zero-order chi connectivity index (χ0) is 19.3. The van der Waals surface area contributed by atoms with Gasteiger partial charge in [-0.15, -0.1) is 5.10 Å². The molecule has 1 spiro atoms. The summed E-state index contributed by atoms with van der Waals surface area (Å²) in [5.74, 6) is 0.204. The number of amides is 1. The molecule has 10 heteroatoms. The van der Waals surface area contributed by atoms with Crippen molar-refractivity contribution < 1.29 is 9.53 Å². The highest BCUT2D eigenvalue weighted by atomic mass is 35.5. The van der Waals surface area contributed by atoms with E-state index < -0.39 is 5.91 Å². The number of nitrogen functional groups attached to an aromatic ring is 1. The Morgan fingerprint density at radius 2 is 2.25 bits per heavy atom. The number of fused-ring (bicyclic) bond motifs is 1. The molecule has 1 saturated carbocycles. The van der Waals surface area contributed by atoms with Crippen LogP contribution in [-0.4, -0.2) is 43.7 Å². The van der Waals surface area contributed by atoms with Gasteiger partial charge in [0.2, 0.25) is 0 Å². The van der Waals surface area contributed by atoms with Crippen LogP contribution in [0.4, 0.5) is 11.5 Å². The van der Waals surface area contributed by atoms with E-state index in [0.717, 1.165) is 19.4 Å². The summed E-state index contributed by atoms with van der Waals surface area (Å²) in [4.78, 5) is 21.1. The van der Waals surface area contributed by atoms with Crippen molar-refractivity contribution in [2.24, 2.45) is 0 Å². The lowest BCUT2D eigenvalue weighted by atomic mass is 9.68. The summed E-state index contributed by atoms with van der Waals surface area (Å²) in [6, 6.07) is 1.74. The Labute approximate surface area is 165 Å². The summed E-state index contributed by atoms with van der Waals surface area (Å²) in [5.41, 5.74) is 7.16. The predicted octanol–water partition coefficient (Wildman–Crippen LogP) is 1.89. The molecule has 0 atom stereocenters. The summed E-state index contributed by atoms with van der Waals surface area (Å²) in [5, 5.41) is 10.8. The lowest BCUT2D eigenvalue weighted by Crippen LogP contribution is -2.67. The van der Waals surface area contributed by atoms with Crippen LogP contribution in [0.5, 0.6) is 5.75 Å². The van der Waals surface area contributed by atoms with Crippen molar-refractivity contribution in [1.29, 1.82) is 0 Å². The van der Waals surface area contributed by atoms with Gasteiger partial charge in [-0.25, -0.2) is 9.50 Å². The molecule has 4 N–H and O–H groups in total. The summed E-state index contributed by atoms with van der Waals surface area (Å²) in [7, 11) is 0. The first kappa shape index (κ1) is 17.2. The van der Waals surface area contributed by atoms with E-state index in [1.54, 1.807) is 18.5 Å². The van der Waals surface area contributed by atoms with E-state index in [0.29, 0.717) is 22.1 Å². The van der Waals surface area contributed by atoms with Gasteiger partial charge in [-0.3, -0.25) is 9.78 Å². The summed E-state index contributed by atoms with van der Waals surface area (Å²) < 4.78 is 7.47. The van der Waals surface area contributed by atoms with E-state index in [-0.39, 0.29) is 23.0 Å². The van der Waals surface area contributed by atoms with Gasteiger partial charge < -0.3 is 21.1 Å². The van der Waals surface area contributed by atoms with Crippen LogP contribution in [0.25, 0.3) is 5.65 Å². The monoisotopic (exact) mass is 399 g/mol. The van der Waals surface area contributed by atoms with Gasteiger partial charge in [0.1, 0.15) is 23.1 Å².